The van der Waals surface area contributed by atoms with Crippen molar-refractivity contribution in [2.45, 2.75) is 0 Å². The Morgan fingerprint density at radius 3 is 1.31 bits per heavy atom. The lowest BCUT2D eigenvalue weighted by Gasteiger charge is -2.14. The molecule has 0 saturated carbocycles. The molecule has 10 aromatic carbocycles. The first-order valence-electron chi connectivity index (χ1n) is 18.7. The highest BCUT2D eigenvalue weighted by Crippen LogP contribution is 2.41. The number of hydrogen-bond acceptors (Lipinski definition) is 0. The van der Waals surface area contributed by atoms with E-state index in [9.17, 15) is 0 Å². The summed E-state index contributed by atoms with van der Waals surface area (Å²) in [6.45, 7) is 0. The number of rotatable bonds is 3. The fraction of sp³-hybridized carbons (Fsp3) is 0. The molecule has 12 rings (SSSR count). The van der Waals surface area contributed by atoms with Crippen LogP contribution in [0.3, 0.4) is 0 Å². The predicted molar refractivity (Wildman–Crippen MR) is 231 cm³/mol. The Morgan fingerprint density at radius 2 is 0.685 bits per heavy atom. The van der Waals surface area contributed by atoms with Gasteiger partial charge in [0.1, 0.15) is 0 Å². The molecule has 54 heavy (non-hydrogen) atoms. The van der Waals surface area contributed by atoms with E-state index in [0.717, 1.165) is 0 Å². The topological polar surface area (TPSA) is 9.86 Å². The van der Waals surface area contributed by atoms with Crippen LogP contribution in [0.2, 0.25) is 0 Å². The number of fused-ring (bicyclic) bond motifs is 13. The van der Waals surface area contributed by atoms with Crippen molar-refractivity contribution in [1.29, 1.82) is 0 Å². The maximum absolute atomic E-state index is 2.44. The summed E-state index contributed by atoms with van der Waals surface area (Å²) in [6, 6.07) is 71.5. The van der Waals surface area contributed by atoms with Crippen LogP contribution in [0.25, 0.3) is 109 Å². The predicted octanol–water partition coefficient (Wildman–Crippen LogP) is 14.2. The first-order valence-corrected chi connectivity index (χ1v) is 18.7. The second kappa shape index (κ2) is 11.2. The molecule has 0 bridgehead atoms. The van der Waals surface area contributed by atoms with E-state index in [-0.39, 0.29) is 0 Å². The highest BCUT2D eigenvalue weighted by molar-refractivity contribution is 6.25. The zero-order chi connectivity index (χ0) is 35.3. The second-order valence-electron chi connectivity index (χ2n) is 14.5. The molecule has 0 unspecified atom stereocenters. The summed E-state index contributed by atoms with van der Waals surface area (Å²) in [5, 5.41) is 15.3. The monoisotopic (exact) mass is 684 g/mol. The fourth-order valence-electron chi connectivity index (χ4n) is 9.28. The van der Waals surface area contributed by atoms with Crippen molar-refractivity contribution < 1.29 is 0 Å². The van der Waals surface area contributed by atoms with Crippen molar-refractivity contribution in [1.82, 2.24) is 9.13 Å². The summed E-state index contributed by atoms with van der Waals surface area (Å²) in [5.74, 6) is 0. The Bertz CT molecular complexity index is 3470. The van der Waals surface area contributed by atoms with Crippen molar-refractivity contribution in [2.75, 3.05) is 0 Å². The van der Waals surface area contributed by atoms with Crippen molar-refractivity contribution in [3.05, 3.63) is 194 Å². The number of aromatic nitrogens is 2. The molecule has 2 heterocycles. The molecule has 2 nitrogen and oxygen atoms in total. The zero-order valence-corrected chi connectivity index (χ0v) is 29.4. The Morgan fingerprint density at radius 1 is 0.241 bits per heavy atom. The minimum absolute atomic E-state index is 1.17. The van der Waals surface area contributed by atoms with Gasteiger partial charge in [0.15, 0.2) is 0 Å². The van der Waals surface area contributed by atoms with Gasteiger partial charge < -0.3 is 9.13 Å². The molecule has 0 aliphatic rings. The highest BCUT2D eigenvalue weighted by atomic mass is 15.0. The molecule has 0 aliphatic heterocycles. The largest absolute Gasteiger partial charge is 0.309 e. The number of nitrogens with zero attached hydrogens (tertiary/aromatic N) is 2. The third kappa shape index (κ3) is 4.11. The van der Waals surface area contributed by atoms with Crippen LogP contribution < -0.4 is 0 Å². The van der Waals surface area contributed by atoms with Crippen LogP contribution in [-0.2, 0) is 0 Å². The number of benzene rings is 10. The Hall–Kier alpha value is -7.16. The summed E-state index contributed by atoms with van der Waals surface area (Å²) in [4.78, 5) is 0. The van der Waals surface area contributed by atoms with Crippen molar-refractivity contribution in [3.8, 4) is 22.5 Å². The lowest BCUT2D eigenvalue weighted by atomic mass is 9.94. The standard InChI is InChI=1S/C52H32N2/c1-2-14-37-33(12-1)13-11-23-48(37)54-50-22-10-8-20-44(50)47-31-35(25-29-52(47)54)34-24-28-51-46(30-34)43-19-7-9-21-49(43)53(51)36-26-27-42-40-17-4-3-15-38(40)39-16-5-6-18-41(39)45(42)32-36/h1-32H. The maximum Gasteiger partial charge on any atom is 0.0541 e. The highest BCUT2D eigenvalue weighted by Gasteiger charge is 2.18. The average Bonchev–Trinajstić information content (AvgIpc) is 3.75. The first-order chi connectivity index (χ1) is 26.8. The lowest BCUT2D eigenvalue weighted by molar-refractivity contribution is 1.19. The van der Waals surface area contributed by atoms with Gasteiger partial charge in [-0.3, -0.25) is 0 Å². The van der Waals surface area contributed by atoms with Crippen LogP contribution in [0.5, 0.6) is 0 Å². The van der Waals surface area contributed by atoms with Crippen molar-refractivity contribution in [3.63, 3.8) is 0 Å². The normalized spacial score (nSPS) is 12.1. The van der Waals surface area contributed by atoms with E-state index in [4.69, 9.17) is 0 Å². The van der Waals surface area contributed by atoms with Gasteiger partial charge in [-0.1, -0.05) is 140 Å². The molecular formula is C52H32N2. The van der Waals surface area contributed by atoms with Gasteiger partial charge in [-0.05, 0) is 103 Å². The first kappa shape index (κ1) is 29.4. The molecule has 0 aliphatic carbocycles. The third-order valence-corrected chi connectivity index (χ3v) is 11.7. The van der Waals surface area contributed by atoms with Crippen molar-refractivity contribution >= 4 is 86.7 Å². The van der Waals surface area contributed by atoms with Gasteiger partial charge >= 0.3 is 0 Å². The van der Waals surface area contributed by atoms with E-state index in [1.165, 1.54) is 109 Å². The third-order valence-electron chi connectivity index (χ3n) is 11.7. The van der Waals surface area contributed by atoms with Gasteiger partial charge in [-0.15, -0.1) is 0 Å². The van der Waals surface area contributed by atoms with Crippen LogP contribution >= 0.6 is 0 Å². The van der Waals surface area contributed by atoms with Gasteiger partial charge in [0.25, 0.3) is 0 Å². The van der Waals surface area contributed by atoms with Gasteiger partial charge in [-0.25, -0.2) is 0 Å². The van der Waals surface area contributed by atoms with Gasteiger partial charge in [-0.2, -0.15) is 0 Å². The summed E-state index contributed by atoms with van der Waals surface area (Å²) in [7, 11) is 0. The summed E-state index contributed by atoms with van der Waals surface area (Å²) < 4.78 is 4.88. The molecule has 0 amide bonds. The molecule has 0 N–H and O–H groups in total. The molecule has 2 heteroatoms. The Balaban J connectivity index is 1.06. The minimum atomic E-state index is 1.17. The smallest absolute Gasteiger partial charge is 0.0541 e. The van der Waals surface area contributed by atoms with Crippen LogP contribution in [0, 0.1) is 0 Å². The average molecular weight is 685 g/mol. The van der Waals surface area contributed by atoms with Gasteiger partial charge in [0, 0.05) is 32.6 Å². The second-order valence-corrected chi connectivity index (χ2v) is 14.5. The quantitative estimate of drug-likeness (QED) is 0.164. The van der Waals surface area contributed by atoms with E-state index >= 15 is 0 Å². The Labute approximate surface area is 311 Å². The van der Waals surface area contributed by atoms with E-state index in [0.29, 0.717) is 0 Å². The number of para-hydroxylation sites is 2. The molecular weight excluding hydrogens is 653 g/mol. The van der Waals surface area contributed by atoms with Gasteiger partial charge in [0.05, 0.1) is 27.8 Å². The lowest BCUT2D eigenvalue weighted by Crippen LogP contribution is -1.95. The van der Waals surface area contributed by atoms with Crippen LogP contribution in [0.1, 0.15) is 0 Å². The van der Waals surface area contributed by atoms with E-state index in [1.807, 2.05) is 0 Å². The molecule has 0 fully saturated rings. The molecule has 250 valence electrons. The molecule has 0 saturated heterocycles. The van der Waals surface area contributed by atoms with Gasteiger partial charge in [0.2, 0.25) is 0 Å². The molecule has 0 radical (unpaired) electrons. The van der Waals surface area contributed by atoms with Crippen molar-refractivity contribution in [2.24, 2.45) is 0 Å². The summed E-state index contributed by atoms with van der Waals surface area (Å²) in [5.41, 5.74) is 9.65. The Kier molecular flexibility index (Phi) is 6.09. The summed E-state index contributed by atoms with van der Waals surface area (Å²) in [6.07, 6.45) is 0. The van der Waals surface area contributed by atoms with Crippen LogP contribution in [0.15, 0.2) is 194 Å². The maximum atomic E-state index is 2.44. The molecule has 0 spiro atoms. The summed E-state index contributed by atoms with van der Waals surface area (Å²) >= 11 is 0. The van der Waals surface area contributed by atoms with E-state index in [1.54, 1.807) is 0 Å². The molecule has 0 atom stereocenters. The van der Waals surface area contributed by atoms with E-state index < -0.39 is 0 Å². The zero-order valence-electron chi connectivity index (χ0n) is 29.4. The minimum Gasteiger partial charge on any atom is -0.309 e. The SMILES string of the molecule is c1ccc2c(-n3c4ccccc4c4cc(-c5ccc6c(c5)c5ccccc5n6-c5ccc6c7ccccc7c7ccccc7c6c5)ccc43)cccc2c1. The van der Waals surface area contributed by atoms with Crippen LogP contribution in [0.4, 0.5) is 0 Å². The molecule has 12 aromatic rings. The van der Waals surface area contributed by atoms with Crippen LogP contribution in [-0.4, -0.2) is 9.13 Å². The van der Waals surface area contributed by atoms with E-state index in [2.05, 4.69) is 203 Å². The number of hydrogen-bond donors (Lipinski definition) is 0. The molecule has 2 aromatic heterocycles. The fourth-order valence-corrected chi connectivity index (χ4v) is 9.28.